The van der Waals surface area contributed by atoms with Crippen molar-refractivity contribution in [3.63, 3.8) is 0 Å². The summed E-state index contributed by atoms with van der Waals surface area (Å²) in [6.07, 6.45) is 2.43. The number of nitrogens with two attached hydrogens (primary N) is 1. The monoisotopic (exact) mass is 270 g/mol. The van der Waals surface area contributed by atoms with Crippen LogP contribution in [0.3, 0.4) is 0 Å². The quantitative estimate of drug-likeness (QED) is 0.830. The summed E-state index contributed by atoms with van der Waals surface area (Å²) in [5.74, 6) is 1.08. The molecule has 1 amide bonds. The summed E-state index contributed by atoms with van der Waals surface area (Å²) in [6, 6.07) is 4.94. The van der Waals surface area contributed by atoms with E-state index in [0.29, 0.717) is 28.1 Å². The van der Waals surface area contributed by atoms with E-state index in [-0.39, 0.29) is 5.91 Å². The predicted octanol–water partition coefficient (Wildman–Crippen LogP) is 2.55. The van der Waals surface area contributed by atoms with Crippen LogP contribution in [-0.4, -0.2) is 23.5 Å². The second kappa shape index (κ2) is 5.65. The van der Waals surface area contributed by atoms with Crippen molar-refractivity contribution in [3.05, 3.63) is 28.8 Å². The van der Waals surface area contributed by atoms with Crippen LogP contribution in [0.4, 0.5) is 5.69 Å². The number of anilines is 1. The second-order valence-electron chi connectivity index (χ2n) is 4.08. The fraction of sp³-hybridized carbons (Fsp3) is 0.417. The fourth-order valence-corrected chi connectivity index (χ4v) is 3.23. The molecule has 1 aromatic rings. The Kier molecular flexibility index (Phi) is 4.18. The van der Waals surface area contributed by atoms with Crippen LogP contribution in [0, 0.1) is 0 Å². The highest BCUT2D eigenvalue weighted by Gasteiger charge is 2.17. The summed E-state index contributed by atoms with van der Waals surface area (Å²) in [5.41, 5.74) is 6.68. The van der Waals surface area contributed by atoms with Crippen molar-refractivity contribution in [1.29, 1.82) is 0 Å². The zero-order valence-corrected chi connectivity index (χ0v) is 11.0. The molecule has 3 N–H and O–H groups in total. The first-order valence-corrected chi connectivity index (χ1v) is 7.04. The number of nitrogen functional groups attached to an aromatic ring is 1. The maximum atomic E-state index is 11.9. The minimum absolute atomic E-state index is 0.119. The second-order valence-corrected chi connectivity index (χ2v) is 5.92. The Morgan fingerprint density at radius 2 is 2.41 bits per heavy atom. The average Bonchev–Trinajstić information content (AvgIpc) is 2.78. The van der Waals surface area contributed by atoms with Crippen molar-refractivity contribution in [3.8, 4) is 0 Å². The lowest BCUT2D eigenvalue weighted by molar-refractivity contribution is 0.0954. The molecule has 5 heteroatoms. The van der Waals surface area contributed by atoms with E-state index in [1.165, 1.54) is 18.6 Å². The van der Waals surface area contributed by atoms with Crippen LogP contribution in [0.25, 0.3) is 0 Å². The molecule has 0 spiro atoms. The highest BCUT2D eigenvalue weighted by molar-refractivity contribution is 8.00. The zero-order chi connectivity index (χ0) is 12.3. The number of benzene rings is 1. The molecular formula is C12H15ClN2OS. The summed E-state index contributed by atoms with van der Waals surface area (Å²) in [6.45, 7) is 0.714. The number of carbonyl (C=O) groups is 1. The average molecular weight is 271 g/mol. The first kappa shape index (κ1) is 12.6. The van der Waals surface area contributed by atoms with Crippen molar-refractivity contribution in [2.75, 3.05) is 18.0 Å². The van der Waals surface area contributed by atoms with Crippen LogP contribution >= 0.6 is 23.4 Å². The third-order valence-corrected chi connectivity index (χ3v) is 4.41. The van der Waals surface area contributed by atoms with Crippen molar-refractivity contribution in [2.45, 2.75) is 18.1 Å². The number of hydrogen-bond acceptors (Lipinski definition) is 3. The first-order chi connectivity index (χ1) is 8.16. The summed E-state index contributed by atoms with van der Waals surface area (Å²) >= 11 is 7.71. The number of halogens is 1. The Labute approximate surface area is 110 Å². The highest BCUT2D eigenvalue weighted by Crippen LogP contribution is 2.25. The van der Waals surface area contributed by atoms with Crippen LogP contribution in [0.2, 0.25) is 5.02 Å². The lowest BCUT2D eigenvalue weighted by atomic mass is 10.1. The first-order valence-electron chi connectivity index (χ1n) is 5.61. The summed E-state index contributed by atoms with van der Waals surface area (Å²) in [7, 11) is 0. The molecule has 3 nitrogen and oxygen atoms in total. The largest absolute Gasteiger partial charge is 0.398 e. The number of rotatable bonds is 3. The van der Waals surface area contributed by atoms with Crippen molar-refractivity contribution < 1.29 is 4.79 Å². The van der Waals surface area contributed by atoms with Gasteiger partial charge in [0.25, 0.3) is 5.91 Å². The molecule has 1 aliphatic heterocycles. The van der Waals surface area contributed by atoms with Crippen molar-refractivity contribution in [1.82, 2.24) is 5.32 Å². The molecule has 0 bridgehead atoms. The fourth-order valence-electron chi connectivity index (χ4n) is 1.85. The van der Waals surface area contributed by atoms with Gasteiger partial charge in [0.2, 0.25) is 0 Å². The summed E-state index contributed by atoms with van der Waals surface area (Å²) < 4.78 is 0. The number of hydrogen-bond donors (Lipinski definition) is 2. The van der Waals surface area contributed by atoms with E-state index in [0.717, 1.165) is 0 Å². The van der Waals surface area contributed by atoms with Crippen LogP contribution in [0.1, 0.15) is 23.2 Å². The van der Waals surface area contributed by atoms with E-state index < -0.39 is 0 Å². The van der Waals surface area contributed by atoms with Gasteiger partial charge >= 0.3 is 0 Å². The Hall–Kier alpha value is -0.870. The van der Waals surface area contributed by atoms with E-state index in [1.54, 1.807) is 18.2 Å². The maximum Gasteiger partial charge on any atom is 0.253 e. The molecule has 1 unspecified atom stereocenters. The predicted molar refractivity (Wildman–Crippen MR) is 73.7 cm³/mol. The molecule has 92 valence electrons. The van der Waals surface area contributed by atoms with Crippen LogP contribution in [0.5, 0.6) is 0 Å². The molecule has 0 radical (unpaired) electrons. The van der Waals surface area contributed by atoms with E-state index in [4.69, 9.17) is 17.3 Å². The standard InChI is InChI=1S/C12H15ClN2OS/c13-8-3-4-10(11(14)6-8)12(16)15-7-9-2-1-5-17-9/h3-4,6,9H,1-2,5,7,14H2,(H,15,16). The highest BCUT2D eigenvalue weighted by atomic mass is 35.5. The van der Waals surface area contributed by atoms with Gasteiger partial charge in [-0.3, -0.25) is 4.79 Å². The summed E-state index contributed by atoms with van der Waals surface area (Å²) in [5, 5.41) is 4.01. The van der Waals surface area contributed by atoms with Gasteiger partial charge in [0.15, 0.2) is 0 Å². The van der Waals surface area contributed by atoms with Gasteiger partial charge in [0.05, 0.1) is 5.56 Å². The van der Waals surface area contributed by atoms with Crippen molar-refractivity contribution in [2.24, 2.45) is 0 Å². The molecule has 0 aromatic heterocycles. The van der Waals surface area contributed by atoms with Gasteiger partial charge in [0, 0.05) is 22.5 Å². The zero-order valence-electron chi connectivity index (χ0n) is 9.41. The van der Waals surface area contributed by atoms with E-state index >= 15 is 0 Å². The lowest BCUT2D eigenvalue weighted by Crippen LogP contribution is -2.30. The molecule has 1 fully saturated rings. The smallest absolute Gasteiger partial charge is 0.253 e. The SMILES string of the molecule is Nc1cc(Cl)ccc1C(=O)NCC1CCCS1. The third kappa shape index (κ3) is 3.30. The lowest BCUT2D eigenvalue weighted by Gasteiger charge is -2.11. The normalized spacial score (nSPS) is 19.2. The molecule has 0 saturated carbocycles. The van der Waals surface area contributed by atoms with Gasteiger partial charge < -0.3 is 11.1 Å². The molecule has 1 aliphatic rings. The number of nitrogens with one attached hydrogen (secondary N) is 1. The molecule has 1 saturated heterocycles. The molecule has 1 atom stereocenters. The van der Waals surface area contributed by atoms with Gasteiger partial charge in [-0.1, -0.05) is 11.6 Å². The van der Waals surface area contributed by atoms with Crippen LogP contribution in [0.15, 0.2) is 18.2 Å². The van der Waals surface area contributed by atoms with Crippen LogP contribution < -0.4 is 11.1 Å². The molecule has 1 heterocycles. The van der Waals surface area contributed by atoms with Crippen LogP contribution in [-0.2, 0) is 0 Å². The molecular weight excluding hydrogens is 256 g/mol. The van der Waals surface area contributed by atoms with E-state index in [2.05, 4.69) is 5.32 Å². The van der Waals surface area contributed by atoms with Gasteiger partial charge in [0.1, 0.15) is 0 Å². The minimum atomic E-state index is -0.119. The summed E-state index contributed by atoms with van der Waals surface area (Å²) in [4.78, 5) is 11.9. The molecule has 0 aliphatic carbocycles. The Bertz CT molecular complexity index is 419. The van der Waals surface area contributed by atoms with E-state index in [1.807, 2.05) is 11.8 Å². The number of amides is 1. The van der Waals surface area contributed by atoms with E-state index in [9.17, 15) is 4.79 Å². The molecule has 17 heavy (non-hydrogen) atoms. The Balaban J connectivity index is 1.94. The number of carbonyl (C=O) groups excluding carboxylic acids is 1. The molecule has 2 rings (SSSR count). The number of thioether (sulfide) groups is 1. The van der Waals surface area contributed by atoms with Gasteiger partial charge in [-0.2, -0.15) is 11.8 Å². The Morgan fingerprint density at radius 3 is 3.06 bits per heavy atom. The van der Waals surface area contributed by atoms with Crippen molar-refractivity contribution >= 4 is 35.0 Å². The topological polar surface area (TPSA) is 55.1 Å². The third-order valence-electron chi connectivity index (χ3n) is 2.77. The van der Waals surface area contributed by atoms with Gasteiger partial charge in [-0.25, -0.2) is 0 Å². The maximum absolute atomic E-state index is 11.9. The van der Waals surface area contributed by atoms with Gasteiger partial charge in [-0.05, 0) is 36.8 Å². The minimum Gasteiger partial charge on any atom is -0.398 e. The Morgan fingerprint density at radius 1 is 1.59 bits per heavy atom. The molecule has 1 aromatic carbocycles. The van der Waals surface area contributed by atoms with Gasteiger partial charge in [-0.15, -0.1) is 0 Å².